The molecule has 1 saturated heterocycles. The third kappa shape index (κ3) is 4.69. The zero-order valence-electron chi connectivity index (χ0n) is 16.6. The van der Waals surface area contributed by atoms with Crippen LogP contribution >= 0.6 is 23.1 Å². The summed E-state index contributed by atoms with van der Waals surface area (Å²) in [5, 5.41) is 12.9. The van der Waals surface area contributed by atoms with Gasteiger partial charge in [-0.15, -0.1) is 10.2 Å². The first kappa shape index (κ1) is 21.3. The molecule has 1 amide bonds. The molecule has 3 heterocycles. The number of rotatable bonds is 6. The highest BCUT2D eigenvalue weighted by Gasteiger charge is 2.29. The lowest BCUT2D eigenvalue weighted by molar-refractivity contribution is 0.0894. The summed E-state index contributed by atoms with van der Waals surface area (Å²) in [6.45, 7) is 2.66. The second-order valence-corrected chi connectivity index (χ2v) is 11.6. The van der Waals surface area contributed by atoms with Crippen LogP contribution in [-0.4, -0.2) is 54.2 Å². The lowest BCUT2D eigenvalue weighted by Crippen LogP contribution is -2.49. The van der Waals surface area contributed by atoms with E-state index in [2.05, 4.69) is 15.5 Å². The molecule has 0 saturated carbocycles. The van der Waals surface area contributed by atoms with E-state index in [4.69, 9.17) is 4.42 Å². The fourth-order valence-electron chi connectivity index (χ4n) is 3.51. The van der Waals surface area contributed by atoms with E-state index in [0.29, 0.717) is 24.3 Å². The average molecular weight is 467 g/mol. The third-order valence-electron chi connectivity index (χ3n) is 4.94. The van der Waals surface area contributed by atoms with Gasteiger partial charge in [-0.2, -0.15) is 0 Å². The maximum absolute atomic E-state index is 13.1. The molecule has 0 radical (unpaired) electrons. The molecule has 30 heavy (non-hydrogen) atoms. The fourth-order valence-corrected chi connectivity index (χ4v) is 6.26. The van der Waals surface area contributed by atoms with Crippen molar-refractivity contribution in [3.05, 3.63) is 40.6 Å². The Bertz CT molecular complexity index is 1170. The molecule has 160 valence electrons. The molecule has 1 unspecified atom stereocenters. The Balaban J connectivity index is 1.55. The minimum atomic E-state index is -3.28. The molecule has 1 fully saturated rings. The minimum absolute atomic E-state index is 0.250. The van der Waals surface area contributed by atoms with Gasteiger partial charge < -0.3 is 9.73 Å². The van der Waals surface area contributed by atoms with Gasteiger partial charge in [0.1, 0.15) is 10.6 Å². The number of carbonyl (C=O) groups excluding carboxylic acids is 1. The van der Waals surface area contributed by atoms with E-state index in [1.54, 1.807) is 0 Å². The standard InChI is InChI=1S/C19H22N4O4S3/c1-12-21-22-19(29-12)28-11-15-14-7-3-4-8-16(14)27-17(15)18(24)20-13-6-5-9-23(10-13)30(2,25)26/h3-4,7-8,13H,5-6,9-11H2,1-2H3,(H,20,24). The van der Waals surface area contributed by atoms with Crippen LogP contribution in [-0.2, 0) is 15.8 Å². The first-order valence-electron chi connectivity index (χ1n) is 9.50. The van der Waals surface area contributed by atoms with Crippen molar-refractivity contribution in [1.29, 1.82) is 0 Å². The fraction of sp³-hybridized carbons (Fsp3) is 0.421. The van der Waals surface area contributed by atoms with Gasteiger partial charge in [-0.1, -0.05) is 41.3 Å². The van der Waals surface area contributed by atoms with E-state index >= 15 is 0 Å². The van der Waals surface area contributed by atoms with Gasteiger partial charge in [0.25, 0.3) is 5.91 Å². The molecule has 11 heteroatoms. The normalized spacial score (nSPS) is 18.0. The largest absolute Gasteiger partial charge is 0.451 e. The van der Waals surface area contributed by atoms with Crippen molar-refractivity contribution in [3.63, 3.8) is 0 Å². The third-order valence-corrected chi connectivity index (χ3v) is 8.21. The van der Waals surface area contributed by atoms with Gasteiger partial charge >= 0.3 is 0 Å². The summed E-state index contributed by atoms with van der Waals surface area (Å²) in [6, 6.07) is 7.29. The number of sulfonamides is 1. The molecule has 0 bridgehead atoms. The van der Waals surface area contributed by atoms with Crippen LogP contribution in [0.15, 0.2) is 33.0 Å². The summed E-state index contributed by atoms with van der Waals surface area (Å²) in [7, 11) is -3.28. The summed E-state index contributed by atoms with van der Waals surface area (Å²) < 4.78 is 31.9. The van der Waals surface area contributed by atoms with Crippen molar-refractivity contribution in [2.75, 3.05) is 19.3 Å². The van der Waals surface area contributed by atoms with E-state index in [1.165, 1.54) is 33.7 Å². The summed E-state index contributed by atoms with van der Waals surface area (Å²) in [4.78, 5) is 13.1. The highest BCUT2D eigenvalue weighted by molar-refractivity contribution is 8.00. The number of para-hydroxylation sites is 1. The maximum atomic E-state index is 13.1. The molecular formula is C19H22N4O4S3. The van der Waals surface area contributed by atoms with Crippen molar-refractivity contribution >= 4 is 50.0 Å². The van der Waals surface area contributed by atoms with Crippen LogP contribution in [0.25, 0.3) is 11.0 Å². The second-order valence-electron chi connectivity index (χ2n) is 7.22. The Morgan fingerprint density at radius 2 is 2.17 bits per heavy atom. The number of benzene rings is 1. The monoisotopic (exact) mass is 466 g/mol. The summed E-state index contributed by atoms with van der Waals surface area (Å²) in [6.07, 6.45) is 2.63. The van der Waals surface area contributed by atoms with Gasteiger partial charge in [-0.3, -0.25) is 4.79 Å². The smallest absolute Gasteiger partial charge is 0.287 e. The van der Waals surface area contributed by atoms with Gasteiger partial charge in [0.2, 0.25) is 10.0 Å². The number of hydrogen-bond acceptors (Lipinski definition) is 8. The van der Waals surface area contributed by atoms with Crippen molar-refractivity contribution in [2.24, 2.45) is 0 Å². The van der Waals surface area contributed by atoms with Crippen LogP contribution in [0.3, 0.4) is 0 Å². The average Bonchev–Trinajstić information content (AvgIpc) is 3.29. The summed E-state index contributed by atoms with van der Waals surface area (Å²) in [5.74, 6) is 0.464. The van der Waals surface area contributed by atoms with Crippen LogP contribution < -0.4 is 5.32 Å². The zero-order chi connectivity index (χ0) is 21.3. The van der Waals surface area contributed by atoms with Crippen LogP contribution in [0, 0.1) is 6.92 Å². The number of amides is 1. The first-order chi connectivity index (χ1) is 14.3. The summed E-state index contributed by atoms with van der Waals surface area (Å²) >= 11 is 3.02. The molecule has 1 aromatic carbocycles. The predicted octanol–water partition coefficient (Wildman–Crippen LogP) is 3.04. The van der Waals surface area contributed by atoms with Crippen LogP contribution in [0.1, 0.15) is 34.0 Å². The van der Waals surface area contributed by atoms with E-state index in [1.807, 2.05) is 31.2 Å². The molecular weight excluding hydrogens is 444 g/mol. The molecule has 2 aromatic heterocycles. The Morgan fingerprint density at radius 1 is 1.37 bits per heavy atom. The number of nitrogens with zero attached hydrogens (tertiary/aromatic N) is 3. The van der Waals surface area contributed by atoms with Crippen molar-refractivity contribution in [3.8, 4) is 0 Å². The number of piperidine rings is 1. The Hall–Kier alpha value is -1.95. The van der Waals surface area contributed by atoms with Gasteiger partial charge in [0, 0.05) is 35.8 Å². The number of aromatic nitrogens is 2. The topological polar surface area (TPSA) is 105 Å². The zero-order valence-corrected chi connectivity index (χ0v) is 19.1. The number of fused-ring (bicyclic) bond motifs is 1. The van der Waals surface area contributed by atoms with Crippen LogP contribution in [0.5, 0.6) is 0 Å². The molecule has 1 aliphatic heterocycles. The number of hydrogen-bond donors (Lipinski definition) is 1. The molecule has 0 aliphatic carbocycles. The van der Waals surface area contributed by atoms with Gasteiger partial charge in [-0.05, 0) is 25.8 Å². The van der Waals surface area contributed by atoms with Crippen molar-refractivity contribution in [2.45, 2.75) is 35.9 Å². The van der Waals surface area contributed by atoms with E-state index in [9.17, 15) is 13.2 Å². The number of carbonyl (C=O) groups is 1. The predicted molar refractivity (Wildman–Crippen MR) is 117 cm³/mol. The van der Waals surface area contributed by atoms with Gasteiger partial charge in [0.15, 0.2) is 10.1 Å². The molecule has 1 aliphatic rings. The lowest BCUT2D eigenvalue weighted by atomic mass is 10.1. The number of furan rings is 1. The van der Waals surface area contributed by atoms with E-state index < -0.39 is 10.0 Å². The van der Waals surface area contributed by atoms with Crippen molar-refractivity contribution in [1.82, 2.24) is 19.8 Å². The number of aryl methyl sites for hydroxylation is 1. The second kappa shape index (κ2) is 8.66. The maximum Gasteiger partial charge on any atom is 0.287 e. The first-order valence-corrected chi connectivity index (χ1v) is 13.2. The highest BCUT2D eigenvalue weighted by Crippen LogP contribution is 2.33. The molecule has 8 nitrogen and oxygen atoms in total. The lowest BCUT2D eigenvalue weighted by Gasteiger charge is -2.31. The molecule has 4 rings (SSSR count). The molecule has 1 N–H and O–H groups in total. The SMILES string of the molecule is Cc1nnc(SCc2c(C(=O)NC3CCCN(S(C)(=O)=O)C3)oc3ccccc23)s1. The van der Waals surface area contributed by atoms with Gasteiger partial charge in [-0.25, -0.2) is 12.7 Å². The van der Waals surface area contributed by atoms with Crippen LogP contribution in [0.2, 0.25) is 0 Å². The van der Waals surface area contributed by atoms with E-state index in [0.717, 1.165) is 26.7 Å². The molecule has 0 spiro atoms. The van der Waals surface area contributed by atoms with E-state index in [-0.39, 0.29) is 24.3 Å². The van der Waals surface area contributed by atoms with Crippen LogP contribution in [0.4, 0.5) is 0 Å². The Kier molecular flexibility index (Phi) is 6.14. The summed E-state index contributed by atoms with van der Waals surface area (Å²) in [5.41, 5.74) is 1.45. The minimum Gasteiger partial charge on any atom is -0.451 e. The molecule has 1 atom stereocenters. The number of nitrogens with one attached hydrogen (secondary N) is 1. The Morgan fingerprint density at radius 3 is 2.90 bits per heavy atom. The quantitative estimate of drug-likeness (QED) is 0.557. The molecule has 3 aromatic rings. The highest BCUT2D eigenvalue weighted by atomic mass is 32.2. The van der Waals surface area contributed by atoms with Gasteiger partial charge in [0.05, 0.1) is 6.26 Å². The number of thioether (sulfide) groups is 1. The van der Waals surface area contributed by atoms with Crippen molar-refractivity contribution < 1.29 is 17.6 Å². The Labute approximate surface area is 183 Å².